The van der Waals surface area contributed by atoms with E-state index in [9.17, 15) is 4.79 Å². The Morgan fingerprint density at radius 2 is 1.76 bits per heavy atom. The molecule has 1 aliphatic rings. The molecule has 0 aromatic heterocycles. The average Bonchev–Trinajstić information content (AvgIpc) is 2.85. The highest BCUT2D eigenvalue weighted by Gasteiger charge is 2.22. The number of aliphatic imine (C=N–C) groups is 1. The van der Waals surface area contributed by atoms with Crippen LogP contribution in [0.1, 0.15) is 22.3 Å². The molecule has 0 saturated heterocycles. The average molecular weight is 293 g/mol. The van der Waals surface area contributed by atoms with Crippen LogP contribution >= 0.6 is 11.8 Å². The lowest BCUT2D eigenvalue weighted by Crippen LogP contribution is -1.89. The summed E-state index contributed by atoms with van der Waals surface area (Å²) in [4.78, 5) is 16.9. The zero-order chi connectivity index (χ0) is 14.8. The highest BCUT2D eigenvalue weighted by molar-refractivity contribution is 8.19. The standard InChI is InChI=1S/C18H15NOS/c1-12-8-9-14(10-13(12)2)11-16-17(20)19-18(21-16)15-6-4-3-5-7-15/h3-11H,1-2H3. The molecule has 3 heteroatoms. The van der Waals surface area contributed by atoms with Gasteiger partial charge < -0.3 is 0 Å². The topological polar surface area (TPSA) is 29.4 Å². The third-order valence-electron chi connectivity index (χ3n) is 3.47. The third kappa shape index (κ3) is 2.98. The van der Waals surface area contributed by atoms with Crippen molar-refractivity contribution in [2.75, 3.05) is 0 Å². The van der Waals surface area contributed by atoms with Crippen molar-refractivity contribution in [2.45, 2.75) is 13.8 Å². The molecule has 0 bridgehead atoms. The van der Waals surface area contributed by atoms with E-state index < -0.39 is 0 Å². The Labute approximate surface area is 128 Å². The summed E-state index contributed by atoms with van der Waals surface area (Å²) in [6.07, 6.45) is 1.92. The summed E-state index contributed by atoms with van der Waals surface area (Å²) in [6, 6.07) is 16.0. The first-order valence-corrected chi connectivity index (χ1v) is 7.60. The molecule has 2 aromatic carbocycles. The van der Waals surface area contributed by atoms with Crippen molar-refractivity contribution in [2.24, 2.45) is 4.99 Å². The summed E-state index contributed by atoms with van der Waals surface area (Å²) < 4.78 is 0. The molecule has 0 saturated carbocycles. The zero-order valence-electron chi connectivity index (χ0n) is 12.0. The molecular formula is C18H15NOS. The minimum Gasteiger partial charge on any atom is -0.266 e. The quantitative estimate of drug-likeness (QED) is 0.770. The summed E-state index contributed by atoms with van der Waals surface area (Å²) in [7, 11) is 0. The minimum atomic E-state index is -0.155. The number of rotatable bonds is 2. The van der Waals surface area contributed by atoms with Gasteiger partial charge in [-0.1, -0.05) is 60.3 Å². The van der Waals surface area contributed by atoms with Gasteiger partial charge in [-0.3, -0.25) is 4.79 Å². The second kappa shape index (κ2) is 5.70. The number of carbonyl (C=O) groups excluding carboxylic acids is 1. The summed E-state index contributed by atoms with van der Waals surface area (Å²) in [5.41, 5.74) is 4.51. The molecule has 104 valence electrons. The van der Waals surface area contributed by atoms with Gasteiger partial charge in [-0.25, -0.2) is 4.99 Å². The molecule has 0 N–H and O–H groups in total. The van der Waals surface area contributed by atoms with Crippen LogP contribution in [0, 0.1) is 13.8 Å². The molecule has 0 radical (unpaired) electrons. The maximum absolute atomic E-state index is 12.0. The van der Waals surface area contributed by atoms with Gasteiger partial charge in [0.1, 0.15) is 5.04 Å². The van der Waals surface area contributed by atoms with Crippen LogP contribution < -0.4 is 0 Å². The number of benzene rings is 2. The maximum atomic E-state index is 12.0. The van der Waals surface area contributed by atoms with Crippen molar-refractivity contribution in [3.8, 4) is 0 Å². The first-order valence-electron chi connectivity index (χ1n) is 6.79. The molecule has 0 fully saturated rings. The monoisotopic (exact) mass is 293 g/mol. The molecule has 2 nitrogen and oxygen atoms in total. The molecule has 0 spiro atoms. The molecule has 1 aliphatic heterocycles. The highest BCUT2D eigenvalue weighted by atomic mass is 32.2. The Kier molecular flexibility index (Phi) is 3.76. The van der Waals surface area contributed by atoms with E-state index in [0.29, 0.717) is 4.91 Å². The fourth-order valence-electron chi connectivity index (χ4n) is 2.12. The van der Waals surface area contributed by atoms with Gasteiger partial charge in [0.25, 0.3) is 5.91 Å². The summed E-state index contributed by atoms with van der Waals surface area (Å²) >= 11 is 1.44. The van der Waals surface area contributed by atoms with E-state index in [4.69, 9.17) is 0 Å². The summed E-state index contributed by atoms with van der Waals surface area (Å²) in [5.74, 6) is -0.155. The van der Waals surface area contributed by atoms with Crippen molar-refractivity contribution in [1.82, 2.24) is 0 Å². The Morgan fingerprint density at radius 1 is 1.00 bits per heavy atom. The number of carbonyl (C=O) groups is 1. The normalized spacial score (nSPS) is 16.4. The van der Waals surface area contributed by atoms with E-state index in [1.165, 1.54) is 22.9 Å². The largest absolute Gasteiger partial charge is 0.284 e. The van der Waals surface area contributed by atoms with Gasteiger partial charge in [0.15, 0.2) is 0 Å². The lowest BCUT2D eigenvalue weighted by atomic mass is 10.1. The fourth-order valence-corrected chi connectivity index (χ4v) is 3.04. The predicted molar refractivity (Wildman–Crippen MR) is 89.5 cm³/mol. The number of thioether (sulfide) groups is 1. The second-order valence-corrected chi connectivity index (χ2v) is 6.07. The molecule has 21 heavy (non-hydrogen) atoms. The fraction of sp³-hybridized carbons (Fsp3) is 0.111. The van der Waals surface area contributed by atoms with Crippen molar-refractivity contribution in [3.05, 3.63) is 75.7 Å². The van der Waals surface area contributed by atoms with Crippen LogP contribution in [-0.4, -0.2) is 11.0 Å². The van der Waals surface area contributed by atoms with E-state index >= 15 is 0 Å². The molecule has 2 aromatic rings. The third-order valence-corrected chi connectivity index (χ3v) is 4.50. The van der Waals surface area contributed by atoms with Crippen LogP contribution in [0.2, 0.25) is 0 Å². The Morgan fingerprint density at radius 3 is 2.48 bits per heavy atom. The van der Waals surface area contributed by atoms with Crippen LogP contribution in [0.3, 0.4) is 0 Å². The highest BCUT2D eigenvalue weighted by Crippen LogP contribution is 2.31. The van der Waals surface area contributed by atoms with Crippen LogP contribution in [-0.2, 0) is 4.79 Å². The van der Waals surface area contributed by atoms with Gasteiger partial charge >= 0.3 is 0 Å². The molecule has 1 amide bonds. The number of hydrogen-bond acceptors (Lipinski definition) is 2. The van der Waals surface area contributed by atoms with Crippen LogP contribution in [0.25, 0.3) is 6.08 Å². The van der Waals surface area contributed by atoms with Gasteiger partial charge in [-0.05, 0) is 36.6 Å². The number of hydrogen-bond donors (Lipinski definition) is 0. The van der Waals surface area contributed by atoms with Gasteiger partial charge in [0.05, 0.1) is 4.91 Å². The Balaban J connectivity index is 1.87. The van der Waals surface area contributed by atoms with Gasteiger partial charge in [-0.2, -0.15) is 0 Å². The molecular weight excluding hydrogens is 278 g/mol. The molecule has 0 atom stereocenters. The van der Waals surface area contributed by atoms with Crippen LogP contribution in [0.4, 0.5) is 0 Å². The molecule has 0 unspecified atom stereocenters. The predicted octanol–water partition coefficient (Wildman–Crippen LogP) is 4.36. The second-order valence-electron chi connectivity index (χ2n) is 5.04. The number of nitrogens with zero attached hydrogens (tertiary/aromatic N) is 1. The van der Waals surface area contributed by atoms with Crippen LogP contribution in [0.5, 0.6) is 0 Å². The molecule has 1 heterocycles. The van der Waals surface area contributed by atoms with Crippen molar-refractivity contribution in [3.63, 3.8) is 0 Å². The van der Waals surface area contributed by atoms with E-state index in [1.54, 1.807) is 0 Å². The first kappa shape index (κ1) is 13.8. The van der Waals surface area contributed by atoms with E-state index in [-0.39, 0.29) is 5.91 Å². The van der Waals surface area contributed by atoms with Gasteiger partial charge in [0.2, 0.25) is 0 Å². The lowest BCUT2D eigenvalue weighted by Gasteiger charge is -2.02. The molecule has 0 aliphatic carbocycles. The lowest BCUT2D eigenvalue weighted by molar-refractivity contribution is -0.113. The number of amides is 1. The van der Waals surface area contributed by atoms with Crippen molar-refractivity contribution >= 4 is 28.8 Å². The SMILES string of the molecule is Cc1ccc(C=C2SC(c3ccccc3)=NC2=O)cc1C. The Hall–Kier alpha value is -2.13. The van der Waals surface area contributed by atoms with E-state index in [1.807, 2.05) is 42.5 Å². The smallest absolute Gasteiger partial charge is 0.266 e. The van der Waals surface area contributed by atoms with E-state index in [0.717, 1.165) is 16.2 Å². The van der Waals surface area contributed by atoms with Crippen molar-refractivity contribution < 1.29 is 4.79 Å². The maximum Gasteiger partial charge on any atom is 0.284 e. The van der Waals surface area contributed by atoms with E-state index in [2.05, 4.69) is 31.0 Å². The Bertz CT molecular complexity index is 760. The summed E-state index contributed by atoms with van der Waals surface area (Å²) in [6.45, 7) is 4.16. The van der Waals surface area contributed by atoms with Crippen molar-refractivity contribution in [1.29, 1.82) is 0 Å². The molecule has 3 rings (SSSR count). The van der Waals surface area contributed by atoms with Gasteiger partial charge in [0, 0.05) is 5.56 Å². The first-order chi connectivity index (χ1) is 10.1. The number of aryl methyl sites for hydroxylation is 2. The van der Waals surface area contributed by atoms with Crippen LogP contribution in [0.15, 0.2) is 58.4 Å². The van der Waals surface area contributed by atoms with Gasteiger partial charge in [-0.15, -0.1) is 0 Å². The minimum absolute atomic E-state index is 0.155. The summed E-state index contributed by atoms with van der Waals surface area (Å²) in [5, 5.41) is 0.774. The zero-order valence-corrected chi connectivity index (χ0v) is 12.8.